The van der Waals surface area contributed by atoms with Gasteiger partial charge in [0.25, 0.3) is 11.7 Å². The van der Waals surface area contributed by atoms with E-state index in [1.807, 2.05) is 32.9 Å². The molecule has 0 aliphatic carbocycles. The van der Waals surface area contributed by atoms with E-state index < -0.39 is 23.7 Å². The summed E-state index contributed by atoms with van der Waals surface area (Å²) in [4.78, 5) is 40.7. The quantitative estimate of drug-likeness (QED) is 0.178. The lowest BCUT2D eigenvalue weighted by Gasteiger charge is -2.26. The second kappa shape index (κ2) is 10.8. The Balaban J connectivity index is 1.89. The number of anilines is 1. The number of ether oxygens (including phenoxy) is 2. The normalized spacial score (nSPS) is 17.0. The van der Waals surface area contributed by atoms with Crippen molar-refractivity contribution in [3.63, 3.8) is 0 Å². The van der Waals surface area contributed by atoms with Crippen molar-refractivity contribution in [3.05, 3.63) is 101 Å². The molecular formula is C32H33NO6. The Morgan fingerprint density at radius 3 is 2.15 bits per heavy atom. The van der Waals surface area contributed by atoms with E-state index in [0.717, 1.165) is 5.56 Å². The molecule has 0 saturated carbocycles. The van der Waals surface area contributed by atoms with Crippen molar-refractivity contribution in [2.45, 2.75) is 52.2 Å². The molecule has 7 heteroatoms. The summed E-state index contributed by atoms with van der Waals surface area (Å²) in [7, 11) is 1.49. The van der Waals surface area contributed by atoms with Crippen molar-refractivity contribution >= 4 is 29.1 Å². The third-order valence-electron chi connectivity index (χ3n) is 6.60. The summed E-state index contributed by atoms with van der Waals surface area (Å²) in [5.74, 6) is -2.01. The van der Waals surface area contributed by atoms with Crippen molar-refractivity contribution in [1.82, 2.24) is 0 Å². The SMILES string of the molecule is COc1ccc(C(C)(C)C)cc1/C(O)=C1\C(=O)C(=O)N(c2ccc(C(=O)OC(C)C)cc2)C1c1ccccc1. The minimum absolute atomic E-state index is 0.0427. The third kappa shape index (κ3) is 5.43. The zero-order valence-corrected chi connectivity index (χ0v) is 23.0. The summed E-state index contributed by atoms with van der Waals surface area (Å²) >= 11 is 0. The highest BCUT2D eigenvalue weighted by molar-refractivity contribution is 6.51. The predicted octanol–water partition coefficient (Wildman–Crippen LogP) is 6.18. The Kier molecular flexibility index (Phi) is 7.63. The fraction of sp³-hybridized carbons (Fsp3) is 0.281. The van der Waals surface area contributed by atoms with Gasteiger partial charge >= 0.3 is 5.97 Å². The Morgan fingerprint density at radius 1 is 0.949 bits per heavy atom. The highest BCUT2D eigenvalue weighted by atomic mass is 16.5. The van der Waals surface area contributed by atoms with Gasteiger partial charge in [0.1, 0.15) is 11.5 Å². The Labute approximate surface area is 228 Å². The second-order valence-electron chi connectivity index (χ2n) is 10.7. The number of benzene rings is 3. The van der Waals surface area contributed by atoms with Crippen LogP contribution in [0.3, 0.4) is 0 Å². The standard InChI is InChI=1S/C32H33NO6/c1-19(2)39-31(37)21-12-15-23(16-13-21)33-27(20-10-8-7-9-11-20)26(29(35)30(33)36)28(34)24-18-22(32(3,4)5)14-17-25(24)38-6/h7-19,27,34H,1-6H3/b28-26+. The highest BCUT2D eigenvalue weighted by Crippen LogP contribution is 2.43. The molecular weight excluding hydrogens is 494 g/mol. The van der Waals surface area contributed by atoms with Crippen LogP contribution in [-0.2, 0) is 19.7 Å². The van der Waals surface area contributed by atoms with Gasteiger partial charge in [-0.05, 0) is 66.8 Å². The average Bonchev–Trinajstić information content (AvgIpc) is 3.17. The van der Waals surface area contributed by atoms with Gasteiger partial charge in [0.05, 0.1) is 36.0 Å². The molecule has 1 aliphatic rings. The molecule has 1 amide bonds. The Hall–Kier alpha value is -4.39. The van der Waals surface area contributed by atoms with E-state index in [1.54, 1.807) is 74.5 Å². The van der Waals surface area contributed by atoms with Crippen LogP contribution >= 0.6 is 0 Å². The molecule has 1 unspecified atom stereocenters. The summed E-state index contributed by atoms with van der Waals surface area (Å²) in [6.07, 6.45) is -0.276. The molecule has 1 N–H and O–H groups in total. The minimum Gasteiger partial charge on any atom is -0.507 e. The van der Waals surface area contributed by atoms with E-state index in [-0.39, 0.29) is 22.9 Å². The van der Waals surface area contributed by atoms with Crippen molar-refractivity contribution in [3.8, 4) is 5.75 Å². The Bertz CT molecular complexity index is 1430. The van der Waals surface area contributed by atoms with Gasteiger partial charge in [-0.1, -0.05) is 57.2 Å². The third-order valence-corrected chi connectivity index (χ3v) is 6.60. The number of aliphatic hydroxyl groups is 1. The smallest absolute Gasteiger partial charge is 0.338 e. The molecule has 4 rings (SSSR count). The molecule has 1 fully saturated rings. The fourth-order valence-electron chi connectivity index (χ4n) is 4.59. The van der Waals surface area contributed by atoms with E-state index in [4.69, 9.17) is 9.47 Å². The maximum absolute atomic E-state index is 13.5. The van der Waals surface area contributed by atoms with E-state index in [2.05, 4.69) is 0 Å². The number of hydrogen-bond acceptors (Lipinski definition) is 6. The molecule has 0 spiro atoms. The van der Waals surface area contributed by atoms with Crippen molar-refractivity contribution in [1.29, 1.82) is 0 Å². The molecule has 0 radical (unpaired) electrons. The first-order valence-electron chi connectivity index (χ1n) is 12.8. The fourth-order valence-corrected chi connectivity index (χ4v) is 4.59. The number of carbonyl (C=O) groups is 3. The van der Waals surface area contributed by atoms with Gasteiger partial charge in [0.2, 0.25) is 0 Å². The van der Waals surface area contributed by atoms with E-state index >= 15 is 0 Å². The van der Waals surface area contributed by atoms with Crippen molar-refractivity contribution in [2.24, 2.45) is 0 Å². The highest BCUT2D eigenvalue weighted by Gasteiger charge is 2.47. The average molecular weight is 528 g/mol. The van der Waals surface area contributed by atoms with Crippen molar-refractivity contribution in [2.75, 3.05) is 12.0 Å². The van der Waals surface area contributed by atoms with E-state index in [1.165, 1.54) is 12.0 Å². The van der Waals surface area contributed by atoms with Gasteiger partial charge in [-0.3, -0.25) is 14.5 Å². The van der Waals surface area contributed by atoms with Gasteiger partial charge < -0.3 is 14.6 Å². The number of ketones is 1. The zero-order valence-electron chi connectivity index (χ0n) is 23.0. The van der Waals surface area contributed by atoms with Gasteiger partial charge in [0, 0.05) is 5.69 Å². The molecule has 3 aromatic carbocycles. The summed E-state index contributed by atoms with van der Waals surface area (Å²) < 4.78 is 10.8. The number of Topliss-reactive ketones (excluding diaryl/α,β-unsaturated/α-hetero) is 1. The van der Waals surface area contributed by atoms with Crippen molar-refractivity contribution < 1.29 is 29.0 Å². The lowest BCUT2D eigenvalue weighted by atomic mass is 9.85. The number of rotatable bonds is 6. The summed E-state index contributed by atoms with van der Waals surface area (Å²) in [6.45, 7) is 9.65. The van der Waals surface area contributed by atoms with Crippen LogP contribution in [0.15, 0.2) is 78.4 Å². The van der Waals surface area contributed by atoms with Crippen LogP contribution in [0.2, 0.25) is 0 Å². The maximum Gasteiger partial charge on any atom is 0.338 e. The second-order valence-corrected chi connectivity index (χ2v) is 10.7. The molecule has 1 aliphatic heterocycles. The first kappa shape index (κ1) is 27.6. The summed E-state index contributed by atoms with van der Waals surface area (Å²) in [5, 5.41) is 11.6. The van der Waals surface area contributed by atoms with Crippen LogP contribution in [0.4, 0.5) is 5.69 Å². The van der Waals surface area contributed by atoms with Crippen LogP contribution in [-0.4, -0.2) is 36.0 Å². The number of methoxy groups -OCH3 is 1. The number of carbonyl (C=O) groups excluding carboxylic acids is 3. The first-order chi connectivity index (χ1) is 18.4. The van der Waals surface area contributed by atoms with Gasteiger partial charge in [-0.25, -0.2) is 4.79 Å². The minimum atomic E-state index is -0.900. The van der Waals surface area contributed by atoms with E-state index in [0.29, 0.717) is 28.1 Å². The molecule has 7 nitrogen and oxygen atoms in total. The van der Waals surface area contributed by atoms with Crippen LogP contribution in [0.1, 0.15) is 67.7 Å². The van der Waals surface area contributed by atoms with Crippen LogP contribution < -0.4 is 9.64 Å². The lowest BCUT2D eigenvalue weighted by Crippen LogP contribution is -2.29. The molecule has 3 aromatic rings. The van der Waals surface area contributed by atoms with Gasteiger partial charge in [-0.15, -0.1) is 0 Å². The molecule has 1 heterocycles. The summed E-state index contributed by atoms with van der Waals surface area (Å²) in [6, 6.07) is 19.9. The van der Waals surface area contributed by atoms with Gasteiger partial charge in [-0.2, -0.15) is 0 Å². The van der Waals surface area contributed by atoms with Gasteiger partial charge in [0.15, 0.2) is 0 Å². The molecule has 0 bridgehead atoms. The lowest BCUT2D eigenvalue weighted by molar-refractivity contribution is -0.132. The van der Waals surface area contributed by atoms with Crippen LogP contribution in [0, 0.1) is 0 Å². The molecule has 1 atom stereocenters. The van der Waals surface area contributed by atoms with E-state index in [9.17, 15) is 19.5 Å². The topological polar surface area (TPSA) is 93.1 Å². The maximum atomic E-state index is 13.5. The number of aliphatic hydroxyl groups excluding tert-OH is 1. The zero-order chi connectivity index (χ0) is 28.5. The Morgan fingerprint density at radius 2 is 1.59 bits per heavy atom. The largest absolute Gasteiger partial charge is 0.507 e. The number of nitrogens with zero attached hydrogens (tertiary/aromatic N) is 1. The molecule has 1 saturated heterocycles. The number of esters is 1. The monoisotopic (exact) mass is 527 g/mol. The summed E-state index contributed by atoms with van der Waals surface area (Å²) in [5.41, 5.74) is 2.36. The predicted molar refractivity (Wildman–Crippen MR) is 150 cm³/mol. The molecule has 0 aromatic heterocycles. The number of hydrogen-bond donors (Lipinski definition) is 1. The molecule has 202 valence electrons. The molecule has 39 heavy (non-hydrogen) atoms. The number of amides is 1. The first-order valence-corrected chi connectivity index (χ1v) is 12.8. The van der Waals surface area contributed by atoms with Crippen LogP contribution in [0.5, 0.6) is 5.75 Å². The van der Waals surface area contributed by atoms with Crippen LogP contribution in [0.25, 0.3) is 5.76 Å².